The molecule has 0 spiro atoms. The molecule has 2 aliphatic rings. The van der Waals surface area contributed by atoms with Crippen molar-refractivity contribution >= 4 is 22.7 Å². The average Bonchev–Trinajstić information content (AvgIpc) is 3.49. The number of amides is 2. The van der Waals surface area contributed by atoms with Gasteiger partial charge in [0.15, 0.2) is 5.69 Å². The Balaban J connectivity index is 1.38. The molecule has 0 saturated heterocycles. The second kappa shape index (κ2) is 7.28. The second-order valence-corrected chi connectivity index (χ2v) is 8.26. The fourth-order valence-electron chi connectivity index (χ4n) is 4.69. The van der Waals surface area contributed by atoms with Crippen LogP contribution in [-0.2, 0) is 13.0 Å². The molecule has 5 rings (SSSR count). The number of rotatable bonds is 3. The number of nitrogens with zero attached hydrogens (tertiary/aromatic N) is 3. The van der Waals surface area contributed by atoms with Crippen molar-refractivity contribution in [3.8, 4) is 0 Å². The average molecular weight is 407 g/mol. The van der Waals surface area contributed by atoms with Crippen LogP contribution in [0.3, 0.4) is 0 Å². The lowest BCUT2D eigenvalue weighted by atomic mass is 10.0. The molecule has 156 valence electrons. The number of aliphatic hydroxyl groups excluding tert-OH is 1. The predicted octanol–water partition coefficient (Wildman–Crippen LogP) is 2.07. The van der Waals surface area contributed by atoms with Gasteiger partial charge >= 0.3 is 0 Å². The molecule has 1 aromatic carbocycles. The highest BCUT2D eigenvalue weighted by atomic mass is 16.3. The summed E-state index contributed by atoms with van der Waals surface area (Å²) in [5, 5.41) is 18.4. The molecule has 1 saturated carbocycles. The van der Waals surface area contributed by atoms with E-state index in [1.165, 1.54) is 0 Å². The SMILES string of the molecule is CN(C(=O)c1n[nH]c2c1CN(C(=O)c1cc3ccccc3[nH]1)CC2)[C@H]1CCC[C@@H]1O. The molecule has 0 radical (unpaired) electrons. The van der Waals surface area contributed by atoms with Crippen LogP contribution in [0, 0.1) is 0 Å². The summed E-state index contributed by atoms with van der Waals surface area (Å²) in [5.74, 6) is -0.297. The summed E-state index contributed by atoms with van der Waals surface area (Å²) < 4.78 is 0. The standard InChI is InChI=1S/C22H25N5O3/c1-26(18-7-4-8-19(18)28)22(30)20-14-12-27(10-9-16(14)24-25-20)21(29)17-11-13-5-2-3-6-15(13)23-17/h2-3,5-6,11,18-19,23,28H,4,7-10,12H2,1H3,(H,24,25)/t18-,19-/m0/s1. The molecule has 1 fully saturated rings. The highest BCUT2D eigenvalue weighted by molar-refractivity contribution is 5.98. The minimum absolute atomic E-state index is 0.0870. The zero-order valence-electron chi connectivity index (χ0n) is 16.9. The van der Waals surface area contributed by atoms with E-state index in [2.05, 4.69) is 15.2 Å². The summed E-state index contributed by atoms with van der Waals surface area (Å²) in [6, 6.07) is 9.47. The van der Waals surface area contributed by atoms with Crippen LogP contribution in [0.5, 0.6) is 0 Å². The Hall–Kier alpha value is -3.13. The highest BCUT2D eigenvalue weighted by Crippen LogP contribution is 2.27. The van der Waals surface area contributed by atoms with Gasteiger partial charge in [-0.3, -0.25) is 14.7 Å². The van der Waals surface area contributed by atoms with Crippen molar-refractivity contribution in [2.45, 2.75) is 44.4 Å². The van der Waals surface area contributed by atoms with E-state index in [-0.39, 0.29) is 17.9 Å². The Labute approximate surface area is 173 Å². The third-order valence-corrected chi connectivity index (χ3v) is 6.45. The molecule has 3 aromatic rings. The fraction of sp³-hybridized carbons (Fsp3) is 0.409. The van der Waals surface area contributed by atoms with Crippen LogP contribution >= 0.6 is 0 Å². The number of nitrogens with one attached hydrogen (secondary N) is 2. The van der Waals surface area contributed by atoms with Crippen LogP contribution in [-0.4, -0.2) is 67.6 Å². The predicted molar refractivity (Wildman–Crippen MR) is 111 cm³/mol. The van der Waals surface area contributed by atoms with Crippen LogP contribution in [0.2, 0.25) is 0 Å². The molecule has 8 nitrogen and oxygen atoms in total. The first kappa shape index (κ1) is 18.9. The number of H-pyrrole nitrogens is 2. The number of carbonyl (C=O) groups is 2. The zero-order chi connectivity index (χ0) is 20.8. The first-order valence-corrected chi connectivity index (χ1v) is 10.4. The Kier molecular flexibility index (Phi) is 4.58. The van der Waals surface area contributed by atoms with Crippen molar-refractivity contribution in [2.24, 2.45) is 0 Å². The summed E-state index contributed by atoms with van der Waals surface area (Å²) in [4.78, 5) is 32.7. The number of benzene rings is 1. The molecule has 0 bridgehead atoms. The van der Waals surface area contributed by atoms with Crippen LogP contribution in [0.25, 0.3) is 10.9 Å². The molecule has 1 aliphatic carbocycles. The normalized spacial score (nSPS) is 21.1. The van der Waals surface area contributed by atoms with E-state index in [1.807, 2.05) is 30.3 Å². The van der Waals surface area contributed by atoms with Crippen LogP contribution in [0.15, 0.2) is 30.3 Å². The maximum Gasteiger partial charge on any atom is 0.274 e. The van der Waals surface area contributed by atoms with E-state index in [0.717, 1.165) is 35.0 Å². The van der Waals surface area contributed by atoms with Gasteiger partial charge in [-0.2, -0.15) is 5.10 Å². The molecule has 0 unspecified atom stereocenters. The number of aromatic nitrogens is 3. The van der Waals surface area contributed by atoms with Crippen molar-refractivity contribution in [3.05, 3.63) is 53.0 Å². The smallest absolute Gasteiger partial charge is 0.274 e. The van der Waals surface area contributed by atoms with E-state index in [0.29, 0.717) is 37.3 Å². The Bertz CT molecular complexity index is 1080. The van der Waals surface area contributed by atoms with Crippen molar-refractivity contribution in [1.82, 2.24) is 25.0 Å². The number of hydrogen-bond donors (Lipinski definition) is 3. The topological polar surface area (TPSA) is 105 Å². The lowest BCUT2D eigenvalue weighted by Gasteiger charge is -2.29. The van der Waals surface area contributed by atoms with E-state index in [1.54, 1.807) is 16.8 Å². The molecule has 2 atom stereocenters. The molecule has 30 heavy (non-hydrogen) atoms. The van der Waals surface area contributed by atoms with E-state index < -0.39 is 6.10 Å². The maximum atomic E-state index is 13.1. The first-order valence-electron chi connectivity index (χ1n) is 10.4. The summed E-state index contributed by atoms with van der Waals surface area (Å²) in [5.41, 5.74) is 3.49. The maximum absolute atomic E-state index is 13.1. The van der Waals surface area contributed by atoms with Gasteiger partial charge in [0.1, 0.15) is 5.69 Å². The van der Waals surface area contributed by atoms with Crippen molar-refractivity contribution < 1.29 is 14.7 Å². The van der Waals surface area contributed by atoms with Gasteiger partial charge in [0.05, 0.1) is 18.7 Å². The van der Waals surface area contributed by atoms with Crippen molar-refractivity contribution in [3.63, 3.8) is 0 Å². The molecular weight excluding hydrogens is 382 g/mol. The molecule has 2 amide bonds. The molecule has 2 aromatic heterocycles. The Morgan fingerprint density at radius 3 is 2.87 bits per heavy atom. The van der Waals surface area contributed by atoms with Gasteiger partial charge in [-0.25, -0.2) is 0 Å². The number of carbonyl (C=O) groups excluding carboxylic acids is 2. The van der Waals surface area contributed by atoms with Gasteiger partial charge in [-0.05, 0) is 31.4 Å². The quantitative estimate of drug-likeness (QED) is 0.618. The van der Waals surface area contributed by atoms with Crippen molar-refractivity contribution in [2.75, 3.05) is 13.6 Å². The minimum Gasteiger partial charge on any atom is -0.391 e. The number of aliphatic hydroxyl groups is 1. The lowest BCUT2D eigenvalue weighted by molar-refractivity contribution is 0.0529. The number of para-hydroxylation sites is 1. The highest BCUT2D eigenvalue weighted by Gasteiger charge is 2.35. The van der Waals surface area contributed by atoms with Gasteiger partial charge in [0.2, 0.25) is 0 Å². The second-order valence-electron chi connectivity index (χ2n) is 8.26. The molecule has 8 heteroatoms. The number of fused-ring (bicyclic) bond motifs is 2. The largest absolute Gasteiger partial charge is 0.391 e. The molecule has 3 heterocycles. The third kappa shape index (κ3) is 3.08. The van der Waals surface area contributed by atoms with E-state index in [4.69, 9.17) is 0 Å². The summed E-state index contributed by atoms with van der Waals surface area (Å²) in [7, 11) is 1.72. The van der Waals surface area contributed by atoms with Gasteiger partial charge < -0.3 is 19.9 Å². The number of hydrogen-bond acceptors (Lipinski definition) is 4. The summed E-state index contributed by atoms with van der Waals surface area (Å²) in [6.07, 6.45) is 2.55. The van der Waals surface area contributed by atoms with E-state index >= 15 is 0 Å². The third-order valence-electron chi connectivity index (χ3n) is 6.45. The van der Waals surface area contributed by atoms with Gasteiger partial charge in [-0.15, -0.1) is 0 Å². The Morgan fingerprint density at radius 1 is 1.27 bits per heavy atom. The minimum atomic E-state index is -0.492. The molecule has 1 aliphatic heterocycles. The van der Waals surface area contributed by atoms with Gasteiger partial charge in [-0.1, -0.05) is 18.2 Å². The summed E-state index contributed by atoms with van der Waals surface area (Å²) in [6.45, 7) is 0.899. The number of likely N-dealkylation sites (N-methyl/N-ethyl adjacent to an activating group) is 1. The van der Waals surface area contributed by atoms with Gasteiger partial charge in [0, 0.05) is 42.2 Å². The lowest BCUT2D eigenvalue weighted by Crippen LogP contribution is -2.42. The zero-order valence-corrected chi connectivity index (χ0v) is 16.9. The fourth-order valence-corrected chi connectivity index (χ4v) is 4.69. The van der Waals surface area contributed by atoms with Gasteiger partial charge in [0.25, 0.3) is 11.8 Å². The molecular formula is C22H25N5O3. The summed E-state index contributed by atoms with van der Waals surface area (Å²) >= 11 is 0. The number of aromatic amines is 2. The van der Waals surface area contributed by atoms with E-state index in [9.17, 15) is 14.7 Å². The van der Waals surface area contributed by atoms with Crippen molar-refractivity contribution in [1.29, 1.82) is 0 Å². The van der Waals surface area contributed by atoms with Crippen LogP contribution in [0.1, 0.15) is 51.5 Å². The first-order chi connectivity index (χ1) is 14.5. The monoisotopic (exact) mass is 407 g/mol. The van der Waals surface area contributed by atoms with Crippen LogP contribution < -0.4 is 0 Å². The molecule has 3 N–H and O–H groups in total. The van der Waals surface area contributed by atoms with Crippen LogP contribution in [0.4, 0.5) is 0 Å². The Morgan fingerprint density at radius 2 is 2.10 bits per heavy atom.